The first-order chi connectivity index (χ1) is 20.1. The van der Waals surface area contributed by atoms with Gasteiger partial charge in [0.15, 0.2) is 0 Å². The van der Waals surface area contributed by atoms with Crippen molar-refractivity contribution in [2.24, 2.45) is 0 Å². The molecule has 2 unspecified atom stereocenters. The van der Waals surface area contributed by atoms with Gasteiger partial charge in [-0.05, 0) is 41.0 Å². The molecule has 0 bridgehead atoms. The van der Waals surface area contributed by atoms with Gasteiger partial charge in [-0.25, -0.2) is 4.79 Å². The monoisotopic (exact) mass is 566 g/mol. The largest absolute Gasteiger partial charge is 0.444 e. The van der Waals surface area contributed by atoms with Crippen LogP contribution in [0.5, 0.6) is 0 Å². The molecule has 1 aromatic heterocycles. The van der Waals surface area contributed by atoms with Crippen molar-refractivity contribution in [3.8, 4) is 0 Å². The van der Waals surface area contributed by atoms with Crippen molar-refractivity contribution in [1.29, 1.82) is 0 Å². The molecule has 1 N–H and O–H groups in total. The zero-order chi connectivity index (χ0) is 28.4. The fraction of sp³-hybridized carbons (Fsp3) is 0.188. The van der Waals surface area contributed by atoms with Crippen LogP contribution in [0.25, 0.3) is 0 Å². The third-order valence-corrected chi connectivity index (χ3v) is 7.98. The minimum Gasteiger partial charge on any atom is -0.444 e. The Morgan fingerprint density at radius 1 is 0.854 bits per heavy atom. The van der Waals surface area contributed by atoms with Crippen molar-refractivity contribution in [1.82, 2.24) is 15.2 Å². The second-order valence-corrected chi connectivity index (χ2v) is 10.6. The van der Waals surface area contributed by atoms with Crippen LogP contribution < -0.4 is 10.2 Å². The van der Waals surface area contributed by atoms with Gasteiger partial charge >= 0.3 is 6.09 Å². The lowest BCUT2D eigenvalue weighted by Gasteiger charge is -2.32. The fourth-order valence-electron chi connectivity index (χ4n) is 4.58. The summed E-state index contributed by atoms with van der Waals surface area (Å²) < 4.78 is 5.71. The van der Waals surface area contributed by atoms with Crippen molar-refractivity contribution in [2.75, 3.05) is 17.2 Å². The zero-order valence-corrected chi connectivity index (χ0v) is 23.2. The Labute approximate surface area is 243 Å². The number of aromatic nitrogens is 1. The summed E-state index contributed by atoms with van der Waals surface area (Å²) in [5.41, 5.74) is 3.21. The van der Waals surface area contributed by atoms with Crippen LogP contribution in [0, 0.1) is 0 Å². The van der Waals surface area contributed by atoms with Crippen LogP contribution in [0.2, 0.25) is 0 Å². The Hall–Kier alpha value is -4.63. The summed E-state index contributed by atoms with van der Waals surface area (Å²) in [6.07, 6.45) is 2.72. The number of nitrogens with one attached hydrogen (secondary N) is 1. The summed E-state index contributed by atoms with van der Waals surface area (Å²) in [6, 6.07) is 30.8. The van der Waals surface area contributed by atoms with Crippen molar-refractivity contribution < 1.29 is 19.1 Å². The van der Waals surface area contributed by atoms with Crippen LogP contribution in [-0.4, -0.2) is 46.1 Å². The third-order valence-electron chi connectivity index (χ3n) is 6.66. The number of anilines is 1. The predicted octanol–water partition coefficient (Wildman–Crippen LogP) is 5.18. The van der Waals surface area contributed by atoms with Crippen molar-refractivity contribution in [3.63, 3.8) is 0 Å². The van der Waals surface area contributed by atoms with Crippen LogP contribution in [0.1, 0.15) is 22.1 Å². The highest BCUT2D eigenvalue weighted by molar-refractivity contribution is 7.99. The molecule has 1 fully saturated rings. The standard InChI is InChI=1S/C32H30N4O4S/c37-29(34-20-24-10-4-1-5-11-24)21-35(27-14-8-3-9-15-27)30(38)28-23-41-31(26-16-18-33-19-17-26)36(28)32(39)40-22-25-12-6-2-7-13-25/h1-19,28,31H,20-23H2,(H,34,37). The van der Waals surface area contributed by atoms with Gasteiger partial charge in [-0.3, -0.25) is 19.5 Å². The Morgan fingerprint density at radius 3 is 2.12 bits per heavy atom. The second-order valence-electron chi connectivity index (χ2n) is 9.45. The van der Waals surface area contributed by atoms with Crippen molar-refractivity contribution >= 4 is 35.4 Å². The van der Waals surface area contributed by atoms with Crippen LogP contribution in [0.3, 0.4) is 0 Å². The number of thioether (sulfide) groups is 1. The molecule has 41 heavy (non-hydrogen) atoms. The van der Waals surface area contributed by atoms with Crippen LogP contribution >= 0.6 is 11.8 Å². The summed E-state index contributed by atoms with van der Waals surface area (Å²) in [7, 11) is 0. The first-order valence-electron chi connectivity index (χ1n) is 13.3. The van der Waals surface area contributed by atoms with Crippen LogP contribution in [0.4, 0.5) is 10.5 Å². The van der Waals surface area contributed by atoms with E-state index < -0.39 is 17.5 Å². The van der Waals surface area contributed by atoms with E-state index in [4.69, 9.17) is 4.74 Å². The Kier molecular flexibility index (Phi) is 9.28. The fourth-order valence-corrected chi connectivity index (χ4v) is 5.99. The summed E-state index contributed by atoms with van der Waals surface area (Å²) in [5.74, 6) is -0.311. The molecule has 8 nitrogen and oxygen atoms in total. The normalized spacial score (nSPS) is 16.1. The number of ether oxygens (including phenoxy) is 1. The minimum absolute atomic E-state index is 0.0785. The van der Waals surface area contributed by atoms with E-state index >= 15 is 0 Å². The van der Waals surface area contributed by atoms with E-state index in [1.165, 1.54) is 21.6 Å². The number of nitrogens with zero attached hydrogens (tertiary/aromatic N) is 3. The van der Waals surface area contributed by atoms with Gasteiger partial charge in [-0.2, -0.15) is 0 Å². The molecule has 5 rings (SSSR count). The van der Waals surface area contributed by atoms with Gasteiger partial charge in [0.1, 0.15) is 24.6 Å². The van der Waals surface area contributed by atoms with E-state index in [2.05, 4.69) is 10.3 Å². The number of amides is 3. The number of hydrogen-bond acceptors (Lipinski definition) is 6. The number of benzene rings is 3. The maximum atomic E-state index is 14.2. The van der Waals surface area contributed by atoms with E-state index in [0.29, 0.717) is 18.0 Å². The number of rotatable bonds is 9. The molecule has 0 radical (unpaired) electrons. The average molecular weight is 567 g/mol. The van der Waals surface area contributed by atoms with Crippen molar-refractivity contribution in [3.05, 3.63) is 132 Å². The summed E-state index contributed by atoms with van der Waals surface area (Å²) in [6.45, 7) is 0.233. The summed E-state index contributed by atoms with van der Waals surface area (Å²) in [5, 5.41) is 2.46. The molecule has 208 valence electrons. The molecule has 2 heterocycles. The molecule has 0 saturated carbocycles. The zero-order valence-electron chi connectivity index (χ0n) is 22.3. The van der Waals surface area contributed by atoms with E-state index in [1.54, 1.807) is 24.5 Å². The number of carbonyl (C=O) groups excluding carboxylic acids is 3. The first kappa shape index (κ1) is 27.9. The van der Waals surface area contributed by atoms with E-state index in [-0.39, 0.29) is 25.0 Å². The predicted molar refractivity (Wildman–Crippen MR) is 159 cm³/mol. The lowest BCUT2D eigenvalue weighted by atomic mass is 10.1. The highest BCUT2D eigenvalue weighted by atomic mass is 32.2. The molecule has 3 amide bonds. The van der Waals surface area contributed by atoms with Gasteiger partial charge in [0.05, 0.1) is 0 Å². The smallest absolute Gasteiger partial charge is 0.412 e. The van der Waals surface area contributed by atoms with E-state index in [0.717, 1.165) is 16.7 Å². The number of pyridine rings is 1. The topological polar surface area (TPSA) is 91.8 Å². The SMILES string of the molecule is O=C(CN(C(=O)C1CSC(c2ccncc2)N1C(=O)OCc1ccccc1)c1ccccc1)NCc1ccccc1. The average Bonchev–Trinajstić information content (AvgIpc) is 3.48. The molecule has 2 atom stereocenters. The van der Waals surface area contributed by atoms with E-state index in [1.807, 2.05) is 91.0 Å². The maximum Gasteiger partial charge on any atom is 0.412 e. The highest BCUT2D eigenvalue weighted by Crippen LogP contribution is 2.42. The first-order valence-corrected chi connectivity index (χ1v) is 14.3. The molecule has 0 spiro atoms. The number of hydrogen-bond donors (Lipinski definition) is 1. The second kappa shape index (κ2) is 13.6. The minimum atomic E-state index is -0.844. The molecule has 0 aliphatic carbocycles. The quantitative estimate of drug-likeness (QED) is 0.300. The van der Waals surface area contributed by atoms with Gasteiger partial charge in [0.2, 0.25) is 5.91 Å². The molecule has 3 aromatic carbocycles. The van der Waals surface area contributed by atoms with Crippen LogP contribution in [0.15, 0.2) is 116 Å². The molecule has 4 aromatic rings. The Balaban J connectivity index is 1.38. The van der Waals surface area contributed by atoms with Crippen molar-refractivity contribution in [2.45, 2.75) is 24.6 Å². The third kappa shape index (κ3) is 7.12. The Morgan fingerprint density at radius 2 is 1.46 bits per heavy atom. The molecule has 1 saturated heterocycles. The van der Waals surface area contributed by atoms with Gasteiger partial charge in [0.25, 0.3) is 5.91 Å². The van der Waals surface area contributed by atoms with Gasteiger partial charge in [0, 0.05) is 30.4 Å². The van der Waals surface area contributed by atoms with E-state index in [9.17, 15) is 14.4 Å². The summed E-state index contributed by atoms with van der Waals surface area (Å²) in [4.78, 5) is 47.9. The lowest BCUT2D eigenvalue weighted by Crippen LogP contribution is -2.52. The van der Waals surface area contributed by atoms with Gasteiger partial charge < -0.3 is 15.0 Å². The molecule has 9 heteroatoms. The molecular formula is C32H30N4O4S. The van der Waals surface area contributed by atoms with Gasteiger partial charge in [-0.1, -0.05) is 78.9 Å². The lowest BCUT2D eigenvalue weighted by molar-refractivity contribution is -0.126. The number of carbonyl (C=O) groups is 3. The molecule has 1 aliphatic rings. The maximum absolute atomic E-state index is 14.2. The summed E-state index contributed by atoms with van der Waals surface area (Å²) >= 11 is 1.48. The van der Waals surface area contributed by atoms with Gasteiger partial charge in [-0.15, -0.1) is 11.8 Å². The number of para-hydroxylation sites is 1. The highest BCUT2D eigenvalue weighted by Gasteiger charge is 2.45. The molecule has 1 aliphatic heterocycles. The van der Waals surface area contributed by atoms with Crippen LogP contribution in [-0.2, 0) is 27.5 Å². The molecular weight excluding hydrogens is 536 g/mol. The Bertz CT molecular complexity index is 1440.